The van der Waals surface area contributed by atoms with Gasteiger partial charge in [-0.3, -0.25) is 10.3 Å². The molecule has 1 heterocycles. The number of anilines is 1. The molecule has 0 spiro atoms. The molecule has 1 fully saturated rings. The summed E-state index contributed by atoms with van der Waals surface area (Å²) in [6, 6.07) is 8.52. The third-order valence-electron chi connectivity index (χ3n) is 4.00. The van der Waals surface area contributed by atoms with E-state index in [2.05, 4.69) is 23.8 Å². The number of likely N-dealkylation sites (N-methyl/N-ethyl adjacent to an activating group) is 2. The summed E-state index contributed by atoms with van der Waals surface area (Å²) in [5.41, 5.74) is 7.54. The number of nitrogens with zero attached hydrogens (tertiary/aromatic N) is 2. The average molecular weight is 260 g/mol. The Morgan fingerprint density at radius 3 is 2.89 bits per heavy atom. The summed E-state index contributed by atoms with van der Waals surface area (Å²) in [6.07, 6.45) is 2.56. The maximum atomic E-state index is 7.67. The molecule has 1 aromatic rings. The van der Waals surface area contributed by atoms with Crippen LogP contribution in [0.1, 0.15) is 25.3 Å². The monoisotopic (exact) mass is 260 g/mol. The van der Waals surface area contributed by atoms with Gasteiger partial charge >= 0.3 is 0 Å². The van der Waals surface area contributed by atoms with Crippen molar-refractivity contribution in [1.29, 1.82) is 5.41 Å². The van der Waals surface area contributed by atoms with Crippen molar-refractivity contribution >= 4 is 11.5 Å². The molecule has 4 heteroatoms. The average Bonchev–Trinajstić information content (AvgIpc) is 2.85. The fourth-order valence-corrected chi connectivity index (χ4v) is 2.97. The van der Waals surface area contributed by atoms with Gasteiger partial charge in [-0.25, -0.2) is 0 Å². The topological polar surface area (TPSA) is 56.4 Å². The first-order chi connectivity index (χ1) is 9.13. The van der Waals surface area contributed by atoms with E-state index in [9.17, 15) is 0 Å². The zero-order valence-corrected chi connectivity index (χ0v) is 11.9. The molecule has 3 N–H and O–H groups in total. The number of amidine groups is 1. The van der Waals surface area contributed by atoms with Crippen molar-refractivity contribution in [2.24, 2.45) is 5.73 Å². The molecule has 0 aromatic heterocycles. The van der Waals surface area contributed by atoms with Gasteiger partial charge in [0.15, 0.2) is 0 Å². The number of hydrogen-bond donors (Lipinski definition) is 2. The zero-order valence-electron chi connectivity index (χ0n) is 11.9. The Kier molecular flexibility index (Phi) is 4.43. The van der Waals surface area contributed by atoms with Gasteiger partial charge in [-0.15, -0.1) is 0 Å². The number of likely N-dealkylation sites (tertiary alicyclic amines) is 1. The number of rotatable bonds is 5. The van der Waals surface area contributed by atoms with Crippen LogP contribution in [0.2, 0.25) is 0 Å². The second-order valence-corrected chi connectivity index (χ2v) is 5.24. The molecule has 2 rings (SSSR count). The molecule has 4 nitrogen and oxygen atoms in total. The van der Waals surface area contributed by atoms with Gasteiger partial charge in [-0.2, -0.15) is 0 Å². The molecule has 1 atom stereocenters. The summed E-state index contributed by atoms with van der Waals surface area (Å²) in [6.45, 7) is 5.55. The van der Waals surface area contributed by atoms with Gasteiger partial charge in [0.05, 0.1) is 0 Å². The summed E-state index contributed by atoms with van der Waals surface area (Å²) in [7, 11) is 2.09. The van der Waals surface area contributed by atoms with E-state index in [0.29, 0.717) is 6.04 Å². The van der Waals surface area contributed by atoms with E-state index in [1.807, 2.05) is 24.3 Å². The lowest BCUT2D eigenvalue weighted by Crippen LogP contribution is -2.39. The van der Waals surface area contributed by atoms with Crippen LogP contribution in [0.3, 0.4) is 0 Å². The highest BCUT2D eigenvalue weighted by atomic mass is 15.2. The highest BCUT2D eigenvalue weighted by Crippen LogP contribution is 2.23. The maximum absolute atomic E-state index is 7.67. The predicted octanol–water partition coefficient (Wildman–Crippen LogP) is 1.89. The molecule has 1 saturated heterocycles. The summed E-state index contributed by atoms with van der Waals surface area (Å²) >= 11 is 0. The Hall–Kier alpha value is -1.55. The van der Waals surface area contributed by atoms with Crippen LogP contribution in [0.15, 0.2) is 24.3 Å². The van der Waals surface area contributed by atoms with Crippen molar-refractivity contribution in [3.8, 4) is 0 Å². The van der Waals surface area contributed by atoms with Gasteiger partial charge in [0.25, 0.3) is 0 Å². The van der Waals surface area contributed by atoms with Gasteiger partial charge in [0.1, 0.15) is 5.84 Å². The molecule has 19 heavy (non-hydrogen) atoms. The van der Waals surface area contributed by atoms with Gasteiger partial charge < -0.3 is 10.6 Å². The van der Waals surface area contributed by atoms with Crippen molar-refractivity contribution in [2.45, 2.75) is 25.8 Å². The minimum Gasteiger partial charge on any atom is -0.384 e. The minimum atomic E-state index is 0.140. The van der Waals surface area contributed by atoms with Crippen molar-refractivity contribution in [1.82, 2.24) is 4.90 Å². The van der Waals surface area contributed by atoms with Crippen molar-refractivity contribution < 1.29 is 0 Å². The summed E-state index contributed by atoms with van der Waals surface area (Å²) in [5.74, 6) is 0.140. The number of benzene rings is 1. The van der Waals surface area contributed by atoms with E-state index in [1.54, 1.807) is 0 Å². The molecule has 0 aliphatic carbocycles. The van der Waals surface area contributed by atoms with Crippen LogP contribution in [-0.2, 0) is 0 Å². The first-order valence-electron chi connectivity index (χ1n) is 7.02. The van der Waals surface area contributed by atoms with Crippen molar-refractivity contribution in [3.05, 3.63) is 29.8 Å². The molecular formula is C15H24N4. The van der Waals surface area contributed by atoms with Crippen LogP contribution in [-0.4, -0.2) is 43.5 Å². The predicted molar refractivity (Wildman–Crippen MR) is 81.0 cm³/mol. The first-order valence-corrected chi connectivity index (χ1v) is 7.02. The van der Waals surface area contributed by atoms with Gasteiger partial charge in [0, 0.05) is 30.9 Å². The first kappa shape index (κ1) is 13.9. The third-order valence-corrected chi connectivity index (χ3v) is 4.00. The lowest BCUT2D eigenvalue weighted by molar-refractivity contribution is 0.270. The van der Waals surface area contributed by atoms with Gasteiger partial charge in [0.2, 0.25) is 0 Å². The molecule has 1 aromatic carbocycles. The molecule has 0 saturated carbocycles. The van der Waals surface area contributed by atoms with E-state index in [1.165, 1.54) is 19.4 Å². The van der Waals surface area contributed by atoms with Crippen molar-refractivity contribution in [3.63, 3.8) is 0 Å². The quantitative estimate of drug-likeness (QED) is 0.628. The summed E-state index contributed by atoms with van der Waals surface area (Å²) in [5, 5.41) is 7.67. The normalized spacial score (nSPS) is 19.6. The third kappa shape index (κ3) is 3.07. The highest BCUT2D eigenvalue weighted by Gasteiger charge is 2.24. The zero-order chi connectivity index (χ0) is 13.8. The second kappa shape index (κ2) is 6.06. The van der Waals surface area contributed by atoms with Crippen LogP contribution in [0, 0.1) is 5.41 Å². The Morgan fingerprint density at radius 1 is 1.47 bits per heavy atom. The summed E-state index contributed by atoms with van der Waals surface area (Å²) in [4.78, 5) is 4.77. The van der Waals surface area contributed by atoms with Gasteiger partial charge in [-0.05, 0) is 38.1 Å². The molecule has 1 unspecified atom stereocenters. The number of nitrogen functional groups attached to an aromatic ring is 1. The summed E-state index contributed by atoms with van der Waals surface area (Å²) < 4.78 is 0. The molecule has 1 aliphatic rings. The van der Waals surface area contributed by atoms with Gasteiger partial charge in [-0.1, -0.05) is 19.1 Å². The second-order valence-electron chi connectivity index (χ2n) is 5.24. The van der Waals surface area contributed by atoms with E-state index in [0.717, 1.165) is 24.3 Å². The highest BCUT2D eigenvalue weighted by molar-refractivity contribution is 6.00. The number of para-hydroxylation sites is 1. The largest absolute Gasteiger partial charge is 0.384 e. The fourth-order valence-electron chi connectivity index (χ4n) is 2.97. The van der Waals surface area contributed by atoms with E-state index >= 15 is 0 Å². The maximum Gasteiger partial charge on any atom is 0.124 e. The fraction of sp³-hybridized carbons (Fsp3) is 0.533. The van der Waals surface area contributed by atoms with Crippen LogP contribution in [0.4, 0.5) is 5.69 Å². The lowest BCUT2D eigenvalue weighted by Gasteiger charge is -2.30. The number of nitrogens with one attached hydrogen (secondary N) is 1. The van der Waals surface area contributed by atoms with E-state index in [4.69, 9.17) is 11.1 Å². The molecule has 0 bridgehead atoms. The van der Waals surface area contributed by atoms with Crippen LogP contribution in [0.5, 0.6) is 0 Å². The SMILES string of the molecule is CCN1CCCC1CN(C)c1ccccc1C(=N)N. The molecule has 1 aliphatic heterocycles. The number of hydrogen-bond acceptors (Lipinski definition) is 3. The molecular weight excluding hydrogens is 236 g/mol. The minimum absolute atomic E-state index is 0.140. The smallest absolute Gasteiger partial charge is 0.124 e. The van der Waals surface area contributed by atoms with Crippen LogP contribution in [0.25, 0.3) is 0 Å². The molecule has 104 valence electrons. The van der Waals surface area contributed by atoms with E-state index in [-0.39, 0.29) is 5.84 Å². The van der Waals surface area contributed by atoms with Crippen molar-refractivity contribution in [2.75, 3.05) is 31.6 Å². The Bertz CT molecular complexity index is 444. The number of nitrogens with two attached hydrogens (primary N) is 1. The standard InChI is InChI=1S/C15H24N4/c1-3-19-10-6-7-12(19)11-18(2)14-9-5-4-8-13(14)15(16)17/h4-5,8-9,12H,3,6-7,10-11H2,1-2H3,(H3,16,17). The Morgan fingerprint density at radius 2 is 2.21 bits per heavy atom. The lowest BCUT2D eigenvalue weighted by atomic mass is 10.1. The Balaban J connectivity index is 2.11. The van der Waals surface area contributed by atoms with E-state index < -0.39 is 0 Å². The Labute approximate surface area is 115 Å². The van der Waals surface area contributed by atoms with Crippen LogP contribution < -0.4 is 10.6 Å². The molecule has 0 amide bonds. The molecule has 0 radical (unpaired) electrons. The van der Waals surface area contributed by atoms with Crippen LogP contribution >= 0.6 is 0 Å².